The molecule has 5 nitrogen and oxygen atoms in total. The number of hydrogen-bond acceptors (Lipinski definition) is 4. The molecule has 0 aliphatic rings. The third-order valence-corrected chi connectivity index (χ3v) is 3.01. The highest BCUT2D eigenvalue weighted by Crippen LogP contribution is 2.22. The molecule has 100 valence electrons. The van der Waals surface area contributed by atoms with Crippen molar-refractivity contribution in [3.8, 4) is 0 Å². The van der Waals surface area contributed by atoms with Gasteiger partial charge in [-0.25, -0.2) is 4.98 Å². The number of likely N-dealkylation sites (N-methyl/N-ethyl adjacent to an activating group) is 1. The summed E-state index contributed by atoms with van der Waals surface area (Å²) >= 11 is 0. The summed E-state index contributed by atoms with van der Waals surface area (Å²) in [7, 11) is 3.61. The van der Waals surface area contributed by atoms with Crippen LogP contribution in [0.1, 0.15) is 5.56 Å². The number of nitrogens with two attached hydrogens (primary N) is 1. The second-order valence-corrected chi connectivity index (χ2v) is 4.37. The van der Waals surface area contributed by atoms with Gasteiger partial charge < -0.3 is 15.4 Å². The number of nitrogens with zero attached hydrogens (tertiary/aromatic N) is 2. The number of nitrogens with one attached hydrogen (secondary N) is 1. The highest BCUT2D eigenvalue weighted by Gasteiger charge is 2.10. The van der Waals surface area contributed by atoms with Crippen molar-refractivity contribution >= 4 is 22.6 Å². The number of benzene rings is 1. The van der Waals surface area contributed by atoms with Crippen LogP contribution in [0.4, 0.5) is 5.82 Å². The van der Waals surface area contributed by atoms with Crippen molar-refractivity contribution in [3.05, 3.63) is 35.9 Å². The van der Waals surface area contributed by atoms with Crippen molar-refractivity contribution in [2.75, 3.05) is 32.2 Å². The highest BCUT2D eigenvalue weighted by molar-refractivity contribution is 6.07. The highest BCUT2D eigenvalue weighted by atomic mass is 16.5. The van der Waals surface area contributed by atoms with Crippen molar-refractivity contribution in [1.82, 2.24) is 4.98 Å². The summed E-state index contributed by atoms with van der Waals surface area (Å²) in [6.07, 6.45) is 0. The van der Waals surface area contributed by atoms with Crippen molar-refractivity contribution < 1.29 is 4.74 Å². The predicted molar refractivity (Wildman–Crippen MR) is 77.9 cm³/mol. The molecule has 0 bridgehead atoms. The Morgan fingerprint density at radius 2 is 2.16 bits per heavy atom. The molecule has 1 aromatic carbocycles. The van der Waals surface area contributed by atoms with E-state index < -0.39 is 0 Å². The summed E-state index contributed by atoms with van der Waals surface area (Å²) < 4.78 is 5.06. The number of ether oxygens (including phenoxy) is 1. The molecule has 0 amide bonds. The maximum absolute atomic E-state index is 7.70. The molecule has 0 spiro atoms. The maximum atomic E-state index is 7.70. The first-order valence-electron chi connectivity index (χ1n) is 6.07. The zero-order chi connectivity index (χ0) is 13.8. The van der Waals surface area contributed by atoms with E-state index in [9.17, 15) is 0 Å². The molecule has 0 atom stereocenters. The lowest BCUT2D eigenvalue weighted by molar-refractivity contribution is 0.206. The quantitative estimate of drug-likeness (QED) is 0.631. The normalized spacial score (nSPS) is 10.6. The fourth-order valence-corrected chi connectivity index (χ4v) is 1.92. The Morgan fingerprint density at radius 1 is 1.42 bits per heavy atom. The van der Waals surface area contributed by atoms with Crippen LogP contribution in [0, 0.1) is 5.41 Å². The molecular weight excluding hydrogens is 240 g/mol. The van der Waals surface area contributed by atoms with Gasteiger partial charge in [0.2, 0.25) is 0 Å². The molecule has 2 rings (SSSR count). The number of anilines is 1. The number of hydrogen-bond donors (Lipinski definition) is 2. The van der Waals surface area contributed by atoms with E-state index in [2.05, 4.69) is 4.98 Å². The summed E-state index contributed by atoms with van der Waals surface area (Å²) in [5, 5.41) is 8.60. The van der Waals surface area contributed by atoms with Gasteiger partial charge in [0.25, 0.3) is 0 Å². The van der Waals surface area contributed by atoms with Crippen molar-refractivity contribution in [2.24, 2.45) is 5.73 Å². The molecule has 0 saturated carbocycles. The van der Waals surface area contributed by atoms with E-state index in [1.54, 1.807) is 7.11 Å². The van der Waals surface area contributed by atoms with Gasteiger partial charge in [0.05, 0.1) is 12.1 Å². The molecule has 0 aliphatic heterocycles. The second-order valence-electron chi connectivity index (χ2n) is 4.37. The average Bonchev–Trinajstić information content (AvgIpc) is 2.43. The summed E-state index contributed by atoms with van der Waals surface area (Å²) in [5.74, 6) is 0.848. The number of amidine groups is 1. The Morgan fingerprint density at radius 3 is 2.84 bits per heavy atom. The van der Waals surface area contributed by atoms with E-state index in [1.807, 2.05) is 42.3 Å². The molecule has 0 aliphatic carbocycles. The third-order valence-electron chi connectivity index (χ3n) is 3.01. The molecule has 0 saturated heterocycles. The monoisotopic (exact) mass is 258 g/mol. The van der Waals surface area contributed by atoms with Gasteiger partial charge in [-0.3, -0.25) is 5.41 Å². The summed E-state index contributed by atoms with van der Waals surface area (Å²) in [4.78, 5) is 6.58. The Labute approximate surface area is 112 Å². The van der Waals surface area contributed by atoms with Crippen LogP contribution in [0.15, 0.2) is 30.3 Å². The molecule has 1 aromatic heterocycles. The SMILES string of the molecule is COCCN(C)c1cc(C(=N)N)c2ccccc2n1. The number of para-hydroxylation sites is 1. The number of methoxy groups -OCH3 is 1. The smallest absolute Gasteiger partial charge is 0.129 e. The van der Waals surface area contributed by atoms with Crippen LogP contribution in [0.3, 0.4) is 0 Å². The minimum absolute atomic E-state index is 0.0555. The summed E-state index contributed by atoms with van der Waals surface area (Å²) in [6.45, 7) is 1.36. The Kier molecular flexibility index (Phi) is 3.97. The molecule has 3 N–H and O–H groups in total. The van der Waals surface area contributed by atoms with Gasteiger partial charge in [-0.15, -0.1) is 0 Å². The second kappa shape index (κ2) is 5.67. The number of nitrogen functional groups attached to an aromatic ring is 1. The van der Waals surface area contributed by atoms with Crippen LogP contribution in [0.25, 0.3) is 10.9 Å². The lowest BCUT2D eigenvalue weighted by Gasteiger charge is -2.19. The molecular formula is C14H18N4O. The predicted octanol–water partition coefficient (Wildman–Crippen LogP) is 1.60. The number of fused-ring (bicyclic) bond motifs is 1. The fourth-order valence-electron chi connectivity index (χ4n) is 1.92. The van der Waals surface area contributed by atoms with E-state index in [0.717, 1.165) is 23.3 Å². The Balaban J connectivity index is 2.49. The van der Waals surface area contributed by atoms with E-state index in [1.165, 1.54) is 0 Å². The van der Waals surface area contributed by atoms with E-state index in [0.29, 0.717) is 12.2 Å². The third kappa shape index (κ3) is 2.82. The van der Waals surface area contributed by atoms with E-state index >= 15 is 0 Å². The van der Waals surface area contributed by atoms with Gasteiger partial charge in [0, 0.05) is 31.7 Å². The van der Waals surface area contributed by atoms with Gasteiger partial charge in [-0.05, 0) is 12.1 Å². The maximum Gasteiger partial charge on any atom is 0.129 e. The van der Waals surface area contributed by atoms with Gasteiger partial charge in [0.15, 0.2) is 0 Å². The van der Waals surface area contributed by atoms with Crippen LogP contribution in [-0.4, -0.2) is 38.1 Å². The molecule has 5 heteroatoms. The van der Waals surface area contributed by atoms with Crippen molar-refractivity contribution in [3.63, 3.8) is 0 Å². The number of aromatic nitrogens is 1. The van der Waals surface area contributed by atoms with Crippen LogP contribution < -0.4 is 10.6 Å². The summed E-state index contributed by atoms with van der Waals surface area (Å²) in [6, 6.07) is 9.55. The van der Waals surface area contributed by atoms with Crippen molar-refractivity contribution in [1.29, 1.82) is 5.41 Å². The first kappa shape index (κ1) is 13.3. The average molecular weight is 258 g/mol. The zero-order valence-corrected chi connectivity index (χ0v) is 11.2. The Hall–Kier alpha value is -2.14. The largest absolute Gasteiger partial charge is 0.384 e. The standard InChI is InChI=1S/C14H18N4O/c1-18(7-8-19-2)13-9-11(14(15)16)10-5-3-4-6-12(10)17-13/h3-6,9H,7-8H2,1-2H3,(H3,15,16). The topological polar surface area (TPSA) is 75.2 Å². The van der Waals surface area contributed by atoms with Gasteiger partial charge in [-0.2, -0.15) is 0 Å². The Bertz CT molecular complexity index is 597. The molecule has 0 unspecified atom stereocenters. The van der Waals surface area contributed by atoms with Crippen LogP contribution in [0.5, 0.6) is 0 Å². The van der Waals surface area contributed by atoms with Crippen LogP contribution in [-0.2, 0) is 4.74 Å². The lowest BCUT2D eigenvalue weighted by Crippen LogP contribution is -2.24. The van der Waals surface area contributed by atoms with Crippen LogP contribution >= 0.6 is 0 Å². The molecule has 0 radical (unpaired) electrons. The first-order chi connectivity index (χ1) is 9.13. The minimum atomic E-state index is 0.0555. The minimum Gasteiger partial charge on any atom is -0.384 e. The first-order valence-corrected chi connectivity index (χ1v) is 6.07. The summed E-state index contributed by atoms with van der Waals surface area (Å²) in [5.41, 5.74) is 7.22. The zero-order valence-electron chi connectivity index (χ0n) is 11.2. The molecule has 19 heavy (non-hydrogen) atoms. The van der Waals surface area contributed by atoms with E-state index in [-0.39, 0.29) is 5.84 Å². The fraction of sp³-hybridized carbons (Fsp3) is 0.286. The van der Waals surface area contributed by atoms with Crippen molar-refractivity contribution in [2.45, 2.75) is 0 Å². The molecule has 0 fully saturated rings. The van der Waals surface area contributed by atoms with Crippen LogP contribution in [0.2, 0.25) is 0 Å². The van der Waals surface area contributed by atoms with E-state index in [4.69, 9.17) is 15.9 Å². The van der Waals surface area contributed by atoms with Gasteiger partial charge in [0.1, 0.15) is 11.7 Å². The molecule has 2 aromatic rings. The number of rotatable bonds is 5. The van der Waals surface area contributed by atoms with Gasteiger partial charge in [-0.1, -0.05) is 18.2 Å². The lowest BCUT2D eigenvalue weighted by atomic mass is 10.1. The van der Waals surface area contributed by atoms with Gasteiger partial charge >= 0.3 is 0 Å². The molecule has 1 heterocycles. The number of pyridine rings is 1.